The zero-order chi connectivity index (χ0) is 20.3. The van der Waals surface area contributed by atoms with Gasteiger partial charge in [-0.2, -0.15) is 0 Å². The van der Waals surface area contributed by atoms with Gasteiger partial charge in [0.2, 0.25) is 0 Å². The third-order valence-corrected chi connectivity index (χ3v) is 7.13. The molecule has 156 valence electrons. The first-order valence-corrected chi connectivity index (χ1v) is 11.4. The maximum atomic E-state index is 11.6. The highest BCUT2D eigenvalue weighted by Crippen LogP contribution is 2.37. The van der Waals surface area contributed by atoms with Crippen molar-refractivity contribution >= 4 is 17.3 Å². The lowest BCUT2D eigenvalue weighted by atomic mass is 9.72. The molecule has 2 atom stereocenters. The Morgan fingerprint density at radius 3 is 2.59 bits per heavy atom. The van der Waals surface area contributed by atoms with Gasteiger partial charge >= 0.3 is 0 Å². The molecule has 4 heteroatoms. The molecule has 2 aromatic carbocycles. The van der Waals surface area contributed by atoms with Crippen LogP contribution in [-0.4, -0.2) is 48.3 Å². The fraction of sp³-hybridized carbons (Fsp3) is 0.520. The Balaban J connectivity index is 1.38. The predicted octanol–water partition coefficient (Wildman–Crippen LogP) is 4.93. The number of aryl methyl sites for hydroxylation is 1. The van der Waals surface area contributed by atoms with E-state index in [1.54, 1.807) is 0 Å². The van der Waals surface area contributed by atoms with E-state index in [-0.39, 0.29) is 0 Å². The van der Waals surface area contributed by atoms with Crippen molar-refractivity contribution in [2.75, 3.05) is 37.6 Å². The molecule has 2 unspecified atom stereocenters. The second-order valence-corrected chi connectivity index (χ2v) is 9.36. The minimum absolute atomic E-state index is 0.351. The molecule has 0 bridgehead atoms. The molecule has 0 aromatic heterocycles. The zero-order valence-corrected chi connectivity index (χ0v) is 18.2. The molecule has 1 aliphatic heterocycles. The number of anilines is 1. The minimum Gasteiger partial charge on any atom is -0.389 e. The molecule has 29 heavy (non-hydrogen) atoms. The monoisotopic (exact) mass is 412 g/mol. The summed E-state index contributed by atoms with van der Waals surface area (Å²) in [6.45, 7) is 7.17. The largest absolute Gasteiger partial charge is 0.389 e. The van der Waals surface area contributed by atoms with E-state index in [0.717, 1.165) is 69.1 Å². The summed E-state index contributed by atoms with van der Waals surface area (Å²) in [4.78, 5) is 4.93. The van der Waals surface area contributed by atoms with Crippen molar-refractivity contribution in [2.45, 2.75) is 44.6 Å². The first-order chi connectivity index (χ1) is 14.0. The van der Waals surface area contributed by atoms with Crippen LogP contribution < -0.4 is 4.90 Å². The molecule has 2 fully saturated rings. The normalized spacial score (nSPS) is 25.9. The summed E-state index contributed by atoms with van der Waals surface area (Å²) >= 11 is 6.39. The Morgan fingerprint density at radius 2 is 1.83 bits per heavy atom. The molecule has 0 radical (unpaired) electrons. The molecule has 4 rings (SSSR count). The van der Waals surface area contributed by atoms with Gasteiger partial charge in [-0.15, -0.1) is 0 Å². The Labute approximate surface area is 180 Å². The summed E-state index contributed by atoms with van der Waals surface area (Å²) in [7, 11) is 0. The van der Waals surface area contributed by atoms with E-state index in [9.17, 15) is 5.11 Å². The number of para-hydroxylation sites is 1. The summed E-state index contributed by atoms with van der Waals surface area (Å²) in [6.07, 6.45) is 5.21. The lowest BCUT2D eigenvalue weighted by Gasteiger charge is -2.44. The number of hydrogen-bond acceptors (Lipinski definition) is 3. The molecule has 0 spiro atoms. The van der Waals surface area contributed by atoms with Crippen molar-refractivity contribution < 1.29 is 5.11 Å². The third-order valence-electron chi connectivity index (χ3n) is 6.81. The van der Waals surface area contributed by atoms with Crippen LogP contribution in [0.25, 0.3) is 0 Å². The fourth-order valence-corrected chi connectivity index (χ4v) is 5.41. The van der Waals surface area contributed by atoms with E-state index in [4.69, 9.17) is 11.6 Å². The van der Waals surface area contributed by atoms with Crippen LogP contribution in [0.15, 0.2) is 48.5 Å². The topological polar surface area (TPSA) is 26.7 Å². The highest BCUT2D eigenvalue weighted by atomic mass is 35.5. The second-order valence-electron chi connectivity index (χ2n) is 8.95. The molecule has 1 heterocycles. The standard InChI is InChI=1S/C25H33ClN2O/c1-20-7-6-8-21(17-20)18-25(29)12-5-4-9-22(25)19-27-13-15-28(16-14-27)24-11-3-2-10-23(24)26/h2-3,6-8,10-11,17,22,29H,4-5,9,12-16,18-19H2,1H3. The van der Waals surface area contributed by atoms with Gasteiger partial charge < -0.3 is 10.0 Å². The van der Waals surface area contributed by atoms with Crippen LogP contribution in [-0.2, 0) is 6.42 Å². The molecule has 1 saturated heterocycles. The van der Waals surface area contributed by atoms with Crippen molar-refractivity contribution in [2.24, 2.45) is 5.92 Å². The quantitative estimate of drug-likeness (QED) is 0.753. The Kier molecular flexibility index (Phi) is 6.48. The number of rotatable bonds is 5. The third kappa shape index (κ3) is 4.96. The summed E-state index contributed by atoms with van der Waals surface area (Å²) in [5.74, 6) is 0.351. The van der Waals surface area contributed by atoms with Crippen molar-refractivity contribution in [3.8, 4) is 0 Å². The van der Waals surface area contributed by atoms with Gasteiger partial charge in [-0.3, -0.25) is 4.90 Å². The number of benzene rings is 2. The SMILES string of the molecule is Cc1cccc(CC2(O)CCCCC2CN2CCN(c3ccccc3Cl)CC2)c1. The smallest absolute Gasteiger partial charge is 0.0728 e. The van der Waals surface area contributed by atoms with Crippen LogP contribution in [0.4, 0.5) is 5.69 Å². The molecule has 2 aromatic rings. The van der Waals surface area contributed by atoms with E-state index in [1.807, 2.05) is 12.1 Å². The van der Waals surface area contributed by atoms with E-state index in [2.05, 4.69) is 53.1 Å². The van der Waals surface area contributed by atoms with Crippen molar-refractivity contribution in [1.29, 1.82) is 0 Å². The van der Waals surface area contributed by atoms with Gasteiger partial charge in [0, 0.05) is 45.1 Å². The highest BCUT2D eigenvalue weighted by Gasteiger charge is 2.40. The van der Waals surface area contributed by atoms with E-state index < -0.39 is 5.60 Å². The maximum absolute atomic E-state index is 11.6. The molecular weight excluding hydrogens is 380 g/mol. The average Bonchev–Trinajstić information content (AvgIpc) is 2.71. The molecule has 0 amide bonds. The Hall–Kier alpha value is -1.55. The van der Waals surface area contributed by atoms with Crippen molar-refractivity contribution in [3.63, 3.8) is 0 Å². The summed E-state index contributed by atoms with van der Waals surface area (Å²) in [5, 5.41) is 12.5. The van der Waals surface area contributed by atoms with Crippen LogP contribution >= 0.6 is 11.6 Å². The molecule has 1 N–H and O–H groups in total. The first kappa shape index (κ1) is 20.7. The number of nitrogens with zero attached hydrogens (tertiary/aromatic N) is 2. The number of hydrogen-bond donors (Lipinski definition) is 1. The van der Waals surface area contributed by atoms with Crippen LogP contribution in [0, 0.1) is 12.8 Å². The van der Waals surface area contributed by atoms with Crippen molar-refractivity contribution in [1.82, 2.24) is 4.90 Å². The highest BCUT2D eigenvalue weighted by molar-refractivity contribution is 6.33. The lowest BCUT2D eigenvalue weighted by Crippen LogP contribution is -2.52. The van der Waals surface area contributed by atoms with Gasteiger partial charge in [0.05, 0.1) is 16.3 Å². The Morgan fingerprint density at radius 1 is 1.03 bits per heavy atom. The van der Waals surface area contributed by atoms with Gasteiger partial charge in [-0.1, -0.05) is 66.4 Å². The molecule has 1 saturated carbocycles. The van der Waals surface area contributed by atoms with Gasteiger partial charge in [0.15, 0.2) is 0 Å². The summed E-state index contributed by atoms with van der Waals surface area (Å²) in [5.41, 5.74) is 3.10. The molecule has 1 aliphatic carbocycles. The predicted molar refractivity (Wildman–Crippen MR) is 122 cm³/mol. The van der Waals surface area contributed by atoms with E-state index >= 15 is 0 Å². The average molecular weight is 413 g/mol. The van der Waals surface area contributed by atoms with Gasteiger partial charge in [0.25, 0.3) is 0 Å². The van der Waals surface area contributed by atoms with Gasteiger partial charge in [0.1, 0.15) is 0 Å². The number of piperazine rings is 1. The van der Waals surface area contributed by atoms with Crippen LogP contribution in [0.1, 0.15) is 36.8 Å². The van der Waals surface area contributed by atoms with Crippen LogP contribution in [0.2, 0.25) is 5.02 Å². The minimum atomic E-state index is -0.577. The van der Waals surface area contributed by atoms with Crippen LogP contribution in [0.3, 0.4) is 0 Å². The second kappa shape index (κ2) is 9.07. The first-order valence-electron chi connectivity index (χ1n) is 11.0. The summed E-state index contributed by atoms with van der Waals surface area (Å²) in [6, 6.07) is 16.8. The molecular formula is C25H33ClN2O. The van der Waals surface area contributed by atoms with E-state index in [0.29, 0.717) is 5.92 Å². The van der Waals surface area contributed by atoms with Gasteiger partial charge in [-0.25, -0.2) is 0 Å². The van der Waals surface area contributed by atoms with Gasteiger partial charge in [-0.05, 0) is 37.5 Å². The Bertz CT molecular complexity index is 818. The molecule has 3 nitrogen and oxygen atoms in total. The molecule has 2 aliphatic rings. The summed E-state index contributed by atoms with van der Waals surface area (Å²) < 4.78 is 0. The maximum Gasteiger partial charge on any atom is 0.0728 e. The number of halogens is 1. The fourth-order valence-electron chi connectivity index (χ4n) is 5.16. The van der Waals surface area contributed by atoms with E-state index in [1.165, 1.54) is 17.5 Å². The van der Waals surface area contributed by atoms with Crippen molar-refractivity contribution in [3.05, 3.63) is 64.7 Å². The number of aliphatic hydroxyl groups is 1. The lowest BCUT2D eigenvalue weighted by molar-refractivity contribution is -0.0595. The zero-order valence-electron chi connectivity index (χ0n) is 17.5. The van der Waals surface area contributed by atoms with Crippen LogP contribution in [0.5, 0.6) is 0 Å².